The molecule has 0 aromatic carbocycles. The molecule has 2 atom stereocenters. The molecule has 0 bridgehead atoms. The fourth-order valence-electron chi connectivity index (χ4n) is 3.17. The van der Waals surface area contributed by atoms with Gasteiger partial charge in [-0.2, -0.15) is 0 Å². The van der Waals surface area contributed by atoms with E-state index in [0.717, 1.165) is 0 Å². The Morgan fingerprint density at radius 3 is 2.53 bits per heavy atom. The van der Waals surface area contributed by atoms with Crippen LogP contribution in [0, 0.1) is 5.41 Å². The predicted octanol–water partition coefficient (Wildman–Crippen LogP) is 1.51. The highest BCUT2D eigenvalue weighted by Gasteiger charge is 2.54. The van der Waals surface area contributed by atoms with Crippen LogP contribution in [0.3, 0.4) is 0 Å². The van der Waals surface area contributed by atoms with Crippen LogP contribution in [0.5, 0.6) is 0 Å². The summed E-state index contributed by atoms with van der Waals surface area (Å²) in [4.78, 5) is 25.6. The van der Waals surface area contributed by atoms with Crippen LogP contribution in [0.15, 0.2) is 12.7 Å². The standard InChI is InChI=1S/C13H19NO3/c1-4-5-14-11(15)8-13(12(14)16)6-9(2)17-10(3)7-13/h4,9-10H,1,5-8H2,2-3H3. The topological polar surface area (TPSA) is 46.6 Å². The Labute approximate surface area is 102 Å². The molecule has 2 amide bonds. The van der Waals surface area contributed by atoms with Crippen molar-refractivity contribution in [2.45, 2.75) is 45.3 Å². The van der Waals surface area contributed by atoms with Gasteiger partial charge in [0.2, 0.25) is 11.8 Å². The highest BCUT2D eigenvalue weighted by atomic mass is 16.5. The number of carbonyl (C=O) groups excluding carboxylic acids is 2. The molecule has 0 N–H and O–H groups in total. The Morgan fingerprint density at radius 2 is 2.00 bits per heavy atom. The summed E-state index contributed by atoms with van der Waals surface area (Å²) in [6.07, 6.45) is 3.31. The van der Waals surface area contributed by atoms with Crippen LogP contribution in [0.2, 0.25) is 0 Å². The molecule has 2 aliphatic heterocycles. The molecule has 2 heterocycles. The summed E-state index contributed by atoms with van der Waals surface area (Å²) >= 11 is 0. The summed E-state index contributed by atoms with van der Waals surface area (Å²) in [7, 11) is 0. The highest BCUT2D eigenvalue weighted by Crippen LogP contribution is 2.45. The molecule has 0 aromatic rings. The molecule has 4 heteroatoms. The molecule has 2 unspecified atom stereocenters. The van der Waals surface area contributed by atoms with Crippen molar-refractivity contribution < 1.29 is 14.3 Å². The monoisotopic (exact) mass is 237 g/mol. The van der Waals surface area contributed by atoms with Crippen molar-refractivity contribution in [2.24, 2.45) is 5.41 Å². The van der Waals surface area contributed by atoms with Crippen molar-refractivity contribution in [3.05, 3.63) is 12.7 Å². The molecular formula is C13H19NO3. The van der Waals surface area contributed by atoms with Crippen molar-refractivity contribution in [3.63, 3.8) is 0 Å². The van der Waals surface area contributed by atoms with Gasteiger partial charge in [-0.1, -0.05) is 6.08 Å². The number of hydrogen-bond donors (Lipinski definition) is 0. The fourth-order valence-corrected chi connectivity index (χ4v) is 3.17. The van der Waals surface area contributed by atoms with Crippen LogP contribution in [-0.2, 0) is 14.3 Å². The first-order valence-electron chi connectivity index (χ1n) is 6.10. The largest absolute Gasteiger partial charge is 0.375 e. The minimum Gasteiger partial charge on any atom is -0.375 e. The number of hydrogen-bond acceptors (Lipinski definition) is 3. The van der Waals surface area contributed by atoms with Crippen LogP contribution in [-0.4, -0.2) is 35.5 Å². The van der Waals surface area contributed by atoms with Crippen LogP contribution >= 0.6 is 0 Å². The SMILES string of the molecule is C=CCN1C(=O)CC2(CC(C)OC(C)C2)C1=O. The lowest BCUT2D eigenvalue weighted by molar-refractivity contribution is -0.149. The van der Waals surface area contributed by atoms with Crippen molar-refractivity contribution in [3.8, 4) is 0 Å². The maximum absolute atomic E-state index is 12.4. The molecule has 2 fully saturated rings. The highest BCUT2D eigenvalue weighted by molar-refractivity contribution is 6.06. The molecule has 94 valence electrons. The molecule has 2 saturated heterocycles. The zero-order valence-corrected chi connectivity index (χ0v) is 10.4. The van der Waals surface area contributed by atoms with Gasteiger partial charge in [0.15, 0.2) is 0 Å². The van der Waals surface area contributed by atoms with E-state index >= 15 is 0 Å². The maximum Gasteiger partial charge on any atom is 0.236 e. The third kappa shape index (κ3) is 2.02. The molecule has 0 radical (unpaired) electrons. The zero-order valence-electron chi connectivity index (χ0n) is 10.4. The Kier molecular flexibility index (Phi) is 3.08. The zero-order chi connectivity index (χ0) is 12.6. The fraction of sp³-hybridized carbons (Fsp3) is 0.692. The number of amides is 2. The molecule has 1 spiro atoms. The molecule has 2 rings (SSSR count). The maximum atomic E-state index is 12.4. The quantitative estimate of drug-likeness (QED) is 0.540. The van der Waals surface area contributed by atoms with Gasteiger partial charge in [-0.15, -0.1) is 6.58 Å². The summed E-state index contributed by atoms with van der Waals surface area (Å²) in [5, 5.41) is 0. The van der Waals surface area contributed by atoms with Crippen molar-refractivity contribution in [2.75, 3.05) is 6.54 Å². The Morgan fingerprint density at radius 1 is 1.41 bits per heavy atom. The van der Waals surface area contributed by atoms with Crippen molar-refractivity contribution in [1.29, 1.82) is 0 Å². The third-order valence-corrected chi connectivity index (χ3v) is 3.62. The second kappa shape index (κ2) is 4.26. The Bertz CT molecular complexity index is 354. The first-order chi connectivity index (χ1) is 7.98. The summed E-state index contributed by atoms with van der Waals surface area (Å²) < 4.78 is 5.65. The van der Waals surface area contributed by atoms with Gasteiger partial charge < -0.3 is 4.74 Å². The van der Waals surface area contributed by atoms with E-state index < -0.39 is 5.41 Å². The van der Waals surface area contributed by atoms with Gasteiger partial charge in [0.25, 0.3) is 0 Å². The van der Waals surface area contributed by atoms with Gasteiger partial charge in [-0.3, -0.25) is 14.5 Å². The predicted molar refractivity (Wildman–Crippen MR) is 63.2 cm³/mol. The summed E-state index contributed by atoms with van der Waals surface area (Å²) in [6.45, 7) is 7.84. The number of rotatable bonds is 2. The van der Waals surface area contributed by atoms with Gasteiger partial charge in [-0.05, 0) is 26.7 Å². The van der Waals surface area contributed by atoms with E-state index in [-0.39, 0.29) is 24.0 Å². The number of carbonyl (C=O) groups is 2. The van der Waals surface area contributed by atoms with Gasteiger partial charge in [0, 0.05) is 13.0 Å². The van der Waals surface area contributed by atoms with Gasteiger partial charge in [0.1, 0.15) is 0 Å². The van der Waals surface area contributed by atoms with Crippen molar-refractivity contribution in [1.82, 2.24) is 4.90 Å². The smallest absolute Gasteiger partial charge is 0.236 e. The average Bonchev–Trinajstić information content (AvgIpc) is 2.41. The minimum absolute atomic E-state index is 0.0376. The minimum atomic E-state index is -0.517. The second-order valence-electron chi connectivity index (χ2n) is 5.22. The molecule has 2 aliphatic rings. The average molecular weight is 237 g/mol. The van der Waals surface area contributed by atoms with Crippen LogP contribution in [0.4, 0.5) is 0 Å². The molecule has 0 saturated carbocycles. The van der Waals surface area contributed by atoms with E-state index in [9.17, 15) is 9.59 Å². The lowest BCUT2D eigenvalue weighted by atomic mass is 9.74. The molecule has 0 aliphatic carbocycles. The van der Waals surface area contributed by atoms with Crippen molar-refractivity contribution >= 4 is 11.8 Å². The molecular weight excluding hydrogens is 218 g/mol. The van der Waals surface area contributed by atoms with E-state index in [1.165, 1.54) is 4.90 Å². The number of ether oxygens (including phenoxy) is 1. The first-order valence-corrected chi connectivity index (χ1v) is 6.10. The third-order valence-electron chi connectivity index (χ3n) is 3.62. The molecule has 17 heavy (non-hydrogen) atoms. The van der Waals surface area contributed by atoms with Gasteiger partial charge in [-0.25, -0.2) is 0 Å². The van der Waals surface area contributed by atoms with Crippen LogP contribution in [0.25, 0.3) is 0 Å². The summed E-state index contributed by atoms with van der Waals surface area (Å²) in [5.41, 5.74) is -0.517. The van der Waals surface area contributed by atoms with E-state index in [1.54, 1.807) is 6.08 Å². The Hall–Kier alpha value is -1.16. The van der Waals surface area contributed by atoms with E-state index in [1.807, 2.05) is 13.8 Å². The Balaban J connectivity index is 2.24. The van der Waals surface area contributed by atoms with Crippen LogP contribution < -0.4 is 0 Å². The molecule has 4 nitrogen and oxygen atoms in total. The lowest BCUT2D eigenvalue weighted by Gasteiger charge is -2.38. The van der Waals surface area contributed by atoms with E-state index in [4.69, 9.17) is 4.74 Å². The summed E-state index contributed by atoms with van der Waals surface area (Å²) in [5.74, 6) is -0.111. The van der Waals surface area contributed by atoms with E-state index in [0.29, 0.717) is 25.8 Å². The number of likely N-dealkylation sites (tertiary alicyclic amines) is 1. The van der Waals surface area contributed by atoms with Gasteiger partial charge in [0.05, 0.1) is 17.6 Å². The molecule has 0 aromatic heterocycles. The van der Waals surface area contributed by atoms with Gasteiger partial charge >= 0.3 is 0 Å². The number of nitrogens with zero attached hydrogens (tertiary/aromatic N) is 1. The first kappa shape index (κ1) is 12.3. The second-order valence-corrected chi connectivity index (χ2v) is 5.22. The number of imide groups is 1. The lowest BCUT2D eigenvalue weighted by Crippen LogP contribution is -2.44. The summed E-state index contributed by atoms with van der Waals surface area (Å²) in [6, 6.07) is 0. The van der Waals surface area contributed by atoms with E-state index in [2.05, 4.69) is 6.58 Å². The van der Waals surface area contributed by atoms with Crippen LogP contribution in [0.1, 0.15) is 33.1 Å². The normalized spacial score (nSPS) is 37.9.